The average molecular weight is 495 g/mol. The molecule has 4 fully saturated rings. The second-order valence-electron chi connectivity index (χ2n) is 10.3. The lowest BCUT2D eigenvalue weighted by molar-refractivity contribution is 0.0366. The molecule has 3 aliphatic heterocycles. The van der Waals surface area contributed by atoms with Gasteiger partial charge in [-0.25, -0.2) is 19.7 Å². The smallest absolute Gasteiger partial charge is 0.416 e. The SMILES string of the molecule is COc1cnc(N2CC3(CCN(c4ccc(OC5CCN(C6CCC6)CC5)nc4)CC3)OC2=O)cn1. The topological polar surface area (TPSA) is 93.1 Å². The van der Waals surface area contributed by atoms with E-state index in [2.05, 4.69) is 30.8 Å². The molecule has 36 heavy (non-hydrogen) atoms. The number of hydrogen-bond donors (Lipinski definition) is 0. The van der Waals surface area contributed by atoms with Crippen LogP contribution >= 0.6 is 0 Å². The molecule has 2 aromatic heterocycles. The largest absolute Gasteiger partial charge is 0.480 e. The molecule has 5 heterocycles. The highest BCUT2D eigenvalue weighted by Crippen LogP contribution is 2.36. The number of rotatable bonds is 6. The molecule has 0 bridgehead atoms. The summed E-state index contributed by atoms with van der Waals surface area (Å²) in [7, 11) is 1.53. The van der Waals surface area contributed by atoms with Crippen molar-refractivity contribution in [2.75, 3.05) is 49.6 Å². The van der Waals surface area contributed by atoms with Crippen molar-refractivity contribution in [1.82, 2.24) is 19.9 Å². The molecule has 10 nitrogen and oxygen atoms in total. The van der Waals surface area contributed by atoms with Gasteiger partial charge in [-0.05, 0) is 31.7 Å². The number of pyridine rings is 1. The van der Waals surface area contributed by atoms with E-state index in [0.29, 0.717) is 24.1 Å². The number of carbonyl (C=O) groups excluding carboxylic acids is 1. The highest BCUT2D eigenvalue weighted by molar-refractivity contribution is 5.89. The van der Waals surface area contributed by atoms with Gasteiger partial charge >= 0.3 is 6.09 Å². The van der Waals surface area contributed by atoms with Crippen molar-refractivity contribution >= 4 is 17.6 Å². The van der Waals surface area contributed by atoms with Crippen LogP contribution in [0.2, 0.25) is 0 Å². The zero-order chi connectivity index (χ0) is 24.5. The van der Waals surface area contributed by atoms with E-state index in [9.17, 15) is 4.79 Å². The van der Waals surface area contributed by atoms with E-state index in [4.69, 9.17) is 14.2 Å². The van der Waals surface area contributed by atoms with E-state index in [-0.39, 0.29) is 12.2 Å². The molecule has 1 amide bonds. The molecular weight excluding hydrogens is 460 g/mol. The summed E-state index contributed by atoms with van der Waals surface area (Å²) < 4.78 is 17.1. The number of anilines is 2. The summed E-state index contributed by atoms with van der Waals surface area (Å²) in [5.41, 5.74) is 0.569. The van der Waals surface area contributed by atoms with Gasteiger partial charge in [0.2, 0.25) is 11.8 Å². The van der Waals surface area contributed by atoms with Gasteiger partial charge in [0, 0.05) is 51.1 Å². The van der Waals surface area contributed by atoms with Gasteiger partial charge in [-0.1, -0.05) is 6.42 Å². The molecule has 0 radical (unpaired) electrons. The Morgan fingerprint density at radius 3 is 2.33 bits per heavy atom. The number of nitrogens with zero attached hydrogens (tertiary/aromatic N) is 6. The van der Waals surface area contributed by atoms with Crippen LogP contribution in [0.3, 0.4) is 0 Å². The molecule has 0 unspecified atom stereocenters. The van der Waals surface area contributed by atoms with Crippen LogP contribution in [0, 0.1) is 0 Å². The number of aromatic nitrogens is 3. The Morgan fingerprint density at radius 1 is 0.944 bits per heavy atom. The van der Waals surface area contributed by atoms with Crippen LogP contribution in [0.25, 0.3) is 0 Å². The van der Waals surface area contributed by atoms with Gasteiger partial charge in [-0.2, -0.15) is 0 Å². The summed E-state index contributed by atoms with van der Waals surface area (Å²) >= 11 is 0. The Hall–Kier alpha value is -3.14. The first-order chi connectivity index (χ1) is 17.6. The standard InChI is InChI=1S/C26H34N6O4/c1-34-24-17-27-22(16-29-24)32-18-26(36-25(32)33)9-13-31(14-10-26)20-5-6-23(28-15-20)35-21-7-11-30(12-8-21)19-3-2-4-19/h5-6,15-17,19,21H,2-4,7-14,18H2,1H3. The third-order valence-corrected chi connectivity index (χ3v) is 8.19. The Kier molecular flexibility index (Phi) is 6.29. The van der Waals surface area contributed by atoms with Crippen LogP contribution in [-0.2, 0) is 4.74 Å². The van der Waals surface area contributed by atoms with Crippen LogP contribution < -0.4 is 19.3 Å². The third-order valence-electron chi connectivity index (χ3n) is 8.19. The lowest BCUT2D eigenvalue weighted by Gasteiger charge is -2.41. The Morgan fingerprint density at radius 2 is 1.72 bits per heavy atom. The second kappa shape index (κ2) is 9.72. The van der Waals surface area contributed by atoms with Gasteiger partial charge in [0.1, 0.15) is 11.7 Å². The van der Waals surface area contributed by atoms with Crippen molar-refractivity contribution in [3.63, 3.8) is 0 Å². The Labute approximate surface area is 211 Å². The first kappa shape index (κ1) is 23.3. The molecule has 0 N–H and O–H groups in total. The van der Waals surface area contributed by atoms with Crippen LogP contribution in [0.4, 0.5) is 16.3 Å². The van der Waals surface area contributed by atoms with E-state index in [1.165, 1.54) is 32.6 Å². The molecular formula is C26H34N6O4. The summed E-state index contributed by atoms with van der Waals surface area (Å²) in [6, 6.07) is 4.89. The molecule has 1 saturated carbocycles. The van der Waals surface area contributed by atoms with Crippen molar-refractivity contribution in [3.8, 4) is 11.8 Å². The summed E-state index contributed by atoms with van der Waals surface area (Å²) in [4.78, 5) is 32.1. The zero-order valence-electron chi connectivity index (χ0n) is 20.8. The van der Waals surface area contributed by atoms with Gasteiger partial charge < -0.3 is 24.0 Å². The predicted octanol–water partition coefficient (Wildman–Crippen LogP) is 3.27. The summed E-state index contributed by atoms with van der Waals surface area (Å²) in [6.45, 7) is 4.32. The Bertz CT molecular complexity index is 1050. The number of carbonyl (C=O) groups is 1. The first-order valence-corrected chi connectivity index (χ1v) is 13.1. The fourth-order valence-corrected chi connectivity index (χ4v) is 5.70. The van der Waals surface area contributed by atoms with Gasteiger partial charge in [0.15, 0.2) is 5.82 Å². The second-order valence-corrected chi connectivity index (χ2v) is 10.3. The lowest BCUT2D eigenvalue weighted by atomic mass is 9.90. The number of ether oxygens (including phenoxy) is 3. The molecule has 0 atom stereocenters. The lowest BCUT2D eigenvalue weighted by Crippen LogP contribution is -2.47. The minimum Gasteiger partial charge on any atom is -0.480 e. The van der Waals surface area contributed by atoms with Gasteiger partial charge in [0.05, 0.1) is 37.9 Å². The zero-order valence-corrected chi connectivity index (χ0v) is 20.8. The molecule has 2 aromatic rings. The maximum absolute atomic E-state index is 12.6. The molecule has 192 valence electrons. The van der Waals surface area contributed by atoms with E-state index in [1.807, 2.05) is 12.3 Å². The molecule has 6 rings (SSSR count). The molecule has 4 aliphatic rings. The quantitative estimate of drug-likeness (QED) is 0.600. The minimum absolute atomic E-state index is 0.255. The Balaban J connectivity index is 1.00. The number of piperidine rings is 2. The minimum atomic E-state index is -0.500. The van der Waals surface area contributed by atoms with Gasteiger partial charge in [-0.15, -0.1) is 0 Å². The van der Waals surface area contributed by atoms with E-state index in [1.54, 1.807) is 11.1 Å². The highest BCUT2D eigenvalue weighted by Gasteiger charge is 2.48. The fraction of sp³-hybridized carbons (Fsp3) is 0.615. The number of amides is 1. The van der Waals surface area contributed by atoms with Gasteiger partial charge in [0.25, 0.3) is 0 Å². The number of likely N-dealkylation sites (tertiary alicyclic amines) is 1. The third kappa shape index (κ3) is 4.66. The van der Waals surface area contributed by atoms with Crippen LogP contribution in [0.1, 0.15) is 44.9 Å². The van der Waals surface area contributed by atoms with Crippen LogP contribution in [0.5, 0.6) is 11.8 Å². The van der Waals surface area contributed by atoms with Crippen molar-refractivity contribution in [2.45, 2.75) is 62.7 Å². The molecule has 1 spiro atoms. The van der Waals surface area contributed by atoms with Crippen molar-refractivity contribution in [2.24, 2.45) is 0 Å². The monoisotopic (exact) mass is 494 g/mol. The molecule has 1 aliphatic carbocycles. The van der Waals surface area contributed by atoms with Crippen molar-refractivity contribution in [3.05, 3.63) is 30.7 Å². The predicted molar refractivity (Wildman–Crippen MR) is 134 cm³/mol. The highest BCUT2D eigenvalue weighted by atomic mass is 16.6. The summed E-state index contributed by atoms with van der Waals surface area (Å²) in [5.74, 6) is 1.59. The maximum Gasteiger partial charge on any atom is 0.416 e. The molecule has 0 aromatic carbocycles. The first-order valence-electron chi connectivity index (χ1n) is 13.1. The van der Waals surface area contributed by atoms with E-state index >= 15 is 0 Å². The maximum atomic E-state index is 12.6. The van der Waals surface area contributed by atoms with Gasteiger partial charge in [-0.3, -0.25) is 4.90 Å². The number of hydrogen-bond acceptors (Lipinski definition) is 9. The van der Waals surface area contributed by atoms with Crippen LogP contribution in [0.15, 0.2) is 30.7 Å². The summed E-state index contributed by atoms with van der Waals surface area (Å²) in [6.07, 6.45) is 12.6. The fourth-order valence-electron chi connectivity index (χ4n) is 5.70. The molecule has 3 saturated heterocycles. The van der Waals surface area contributed by atoms with E-state index < -0.39 is 5.60 Å². The van der Waals surface area contributed by atoms with Crippen molar-refractivity contribution < 1.29 is 19.0 Å². The van der Waals surface area contributed by atoms with Crippen LogP contribution in [-0.4, -0.2) is 83.5 Å². The normalized spacial score (nSPS) is 23.0. The average Bonchev–Trinajstić information content (AvgIpc) is 3.20. The summed E-state index contributed by atoms with van der Waals surface area (Å²) in [5, 5.41) is 0. The number of methoxy groups -OCH3 is 1. The molecule has 10 heteroatoms. The van der Waals surface area contributed by atoms with Crippen molar-refractivity contribution in [1.29, 1.82) is 0 Å². The van der Waals surface area contributed by atoms with E-state index in [0.717, 1.165) is 63.6 Å².